The van der Waals surface area contributed by atoms with Gasteiger partial charge in [-0.25, -0.2) is 0 Å². The van der Waals surface area contributed by atoms with Crippen molar-refractivity contribution in [3.8, 4) is 0 Å². The molecule has 0 saturated carbocycles. The zero-order valence-electron chi connectivity index (χ0n) is 5.83. The molecular formula is C6H11O3P. The molecule has 3 nitrogen and oxygen atoms in total. The average molecular weight is 162 g/mol. The highest BCUT2D eigenvalue weighted by Crippen LogP contribution is 2.14. The summed E-state index contributed by atoms with van der Waals surface area (Å²) in [5, 5.41) is 8.89. The standard InChI is InChI=1S/C6H11O3P/c1-3-5(7)6(8)4-10(2)9/h3,6,8,10H,1,4H2,2H3. The molecule has 0 heterocycles. The molecule has 10 heavy (non-hydrogen) atoms. The van der Waals surface area contributed by atoms with Crippen LogP contribution in [0.2, 0.25) is 0 Å². The van der Waals surface area contributed by atoms with Gasteiger partial charge >= 0.3 is 0 Å². The van der Waals surface area contributed by atoms with Crippen molar-refractivity contribution in [1.82, 2.24) is 0 Å². The van der Waals surface area contributed by atoms with E-state index in [2.05, 4.69) is 6.58 Å². The van der Waals surface area contributed by atoms with Gasteiger partial charge in [-0.2, -0.15) is 0 Å². The van der Waals surface area contributed by atoms with Gasteiger partial charge in [-0.3, -0.25) is 4.79 Å². The summed E-state index contributed by atoms with van der Waals surface area (Å²) >= 11 is 0. The molecule has 0 bridgehead atoms. The summed E-state index contributed by atoms with van der Waals surface area (Å²) < 4.78 is 10.5. The van der Waals surface area contributed by atoms with E-state index < -0.39 is 19.7 Å². The van der Waals surface area contributed by atoms with Gasteiger partial charge in [-0.15, -0.1) is 0 Å². The van der Waals surface area contributed by atoms with Crippen LogP contribution in [0.4, 0.5) is 0 Å². The van der Waals surface area contributed by atoms with E-state index in [-0.39, 0.29) is 6.16 Å². The second-order valence-electron chi connectivity index (χ2n) is 2.03. The third-order valence-corrected chi connectivity index (χ3v) is 1.97. The highest BCUT2D eigenvalue weighted by atomic mass is 31.1. The summed E-state index contributed by atoms with van der Waals surface area (Å²) in [7, 11) is -1.76. The highest BCUT2D eigenvalue weighted by molar-refractivity contribution is 7.43. The number of aliphatic hydroxyl groups excluding tert-OH is 1. The smallest absolute Gasteiger partial charge is 0.183 e. The fourth-order valence-electron chi connectivity index (χ4n) is 0.509. The molecule has 58 valence electrons. The van der Waals surface area contributed by atoms with Crippen LogP contribution in [0, 0.1) is 0 Å². The zero-order chi connectivity index (χ0) is 8.15. The lowest BCUT2D eigenvalue weighted by Gasteiger charge is -2.02. The second kappa shape index (κ2) is 4.42. The molecule has 0 radical (unpaired) electrons. The van der Waals surface area contributed by atoms with Crippen molar-refractivity contribution in [2.75, 3.05) is 12.8 Å². The monoisotopic (exact) mass is 162 g/mol. The van der Waals surface area contributed by atoms with E-state index in [1.165, 1.54) is 6.66 Å². The Kier molecular flexibility index (Phi) is 4.24. The molecule has 0 fully saturated rings. The maximum atomic E-state index is 10.6. The molecule has 0 spiro atoms. The fraction of sp³-hybridized carbons (Fsp3) is 0.500. The topological polar surface area (TPSA) is 54.4 Å². The molecule has 0 aromatic rings. The number of carbonyl (C=O) groups excluding carboxylic acids is 1. The molecule has 0 aliphatic heterocycles. The van der Waals surface area contributed by atoms with Crippen molar-refractivity contribution in [2.24, 2.45) is 0 Å². The number of hydrogen-bond acceptors (Lipinski definition) is 3. The molecule has 0 aliphatic carbocycles. The Bertz CT molecular complexity index is 164. The molecule has 1 N–H and O–H groups in total. The molecule has 0 aliphatic rings. The van der Waals surface area contributed by atoms with Crippen LogP contribution in [0.25, 0.3) is 0 Å². The largest absolute Gasteiger partial charge is 0.384 e. The number of hydrogen-bond donors (Lipinski definition) is 1. The van der Waals surface area contributed by atoms with Crippen molar-refractivity contribution >= 4 is 13.6 Å². The third-order valence-electron chi connectivity index (χ3n) is 1.01. The Morgan fingerprint density at radius 2 is 2.40 bits per heavy atom. The van der Waals surface area contributed by atoms with Crippen LogP contribution in [0.1, 0.15) is 0 Å². The summed E-state index contributed by atoms with van der Waals surface area (Å²) in [5.41, 5.74) is 0. The van der Waals surface area contributed by atoms with E-state index in [0.717, 1.165) is 6.08 Å². The first-order valence-corrected chi connectivity index (χ1v) is 5.03. The Labute approximate surface area is 60.5 Å². The Morgan fingerprint density at radius 1 is 1.90 bits per heavy atom. The number of aliphatic hydroxyl groups is 1. The van der Waals surface area contributed by atoms with Gasteiger partial charge in [-0.05, 0) is 12.7 Å². The lowest BCUT2D eigenvalue weighted by Crippen LogP contribution is -2.20. The molecule has 0 rings (SSSR count). The molecule has 2 atom stereocenters. The Balaban J connectivity index is 3.84. The van der Waals surface area contributed by atoms with Gasteiger partial charge in [0, 0.05) is 6.16 Å². The van der Waals surface area contributed by atoms with Crippen molar-refractivity contribution < 1.29 is 14.5 Å². The van der Waals surface area contributed by atoms with Gasteiger partial charge in [-0.1, -0.05) is 6.58 Å². The van der Waals surface area contributed by atoms with Crippen LogP contribution in [0.5, 0.6) is 0 Å². The number of carbonyl (C=O) groups is 1. The molecule has 0 aromatic heterocycles. The summed E-state index contributed by atoms with van der Waals surface area (Å²) in [6, 6.07) is 0. The normalized spacial score (nSPS) is 15.8. The van der Waals surface area contributed by atoms with Gasteiger partial charge in [0.05, 0.1) is 7.80 Å². The quantitative estimate of drug-likeness (QED) is 0.477. The summed E-state index contributed by atoms with van der Waals surface area (Å²) in [6.45, 7) is 4.69. The Morgan fingerprint density at radius 3 is 2.70 bits per heavy atom. The molecule has 0 amide bonds. The van der Waals surface area contributed by atoms with E-state index in [1.807, 2.05) is 0 Å². The van der Waals surface area contributed by atoms with Crippen molar-refractivity contribution in [3.05, 3.63) is 12.7 Å². The minimum Gasteiger partial charge on any atom is -0.384 e. The van der Waals surface area contributed by atoms with E-state index in [4.69, 9.17) is 5.11 Å². The van der Waals surface area contributed by atoms with Crippen molar-refractivity contribution in [3.63, 3.8) is 0 Å². The molecule has 0 saturated heterocycles. The van der Waals surface area contributed by atoms with Crippen LogP contribution in [-0.2, 0) is 9.36 Å². The van der Waals surface area contributed by atoms with Crippen molar-refractivity contribution in [1.29, 1.82) is 0 Å². The summed E-state index contributed by atoms with van der Waals surface area (Å²) in [4.78, 5) is 10.6. The minimum absolute atomic E-state index is 0.0650. The summed E-state index contributed by atoms with van der Waals surface area (Å²) in [5.74, 6) is -0.458. The predicted octanol–water partition coefficient (Wildman–Crippen LogP) is 0.292. The molecule has 0 aromatic carbocycles. The lowest BCUT2D eigenvalue weighted by molar-refractivity contribution is -0.121. The zero-order valence-corrected chi connectivity index (χ0v) is 6.83. The third kappa shape index (κ3) is 3.59. The van der Waals surface area contributed by atoms with Gasteiger partial charge in [0.2, 0.25) is 0 Å². The second-order valence-corrected chi connectivity index (χ2v) is 3.84. The van der Waals surface area contributed by atoms with E-state index in [0.29, 0.717) is 0 Å². The highest BCUT2D eigenvalue weighted by Gasteiger charge is 2.11. The molecular weight excluding hydrogens is 151 g/mol. The average Bonchev–Trinajstić information content (AvgIpc) is 1.85. The van der Waals surface area contributed by atoms with Gasteiger partial charge in [0.25, 0.3) is 0 Å². The number of ketones is 1. The molecule has 2 unspecified atom stereocenters. The maximum absolute atomic E-state index is 10.6. The SMILES string of the molecule is C=CC(=O)C(O)C[PH](C)=O. The van der Waals surface area contributed by atoms with Crippen molar-refractivity contribution in [2.45, 2.75) is 6.10 Å². The maximum Gasteiger partial charge on any atom is 0.183 e. The minimum atomic E-state index is -1.76. The van der Waals surface area contributed by atoms with Crippen LogP contribution >= 0.6 is 7.80 Å². The van der Waals surface area contributed by atoms with Gasteiger partial charge < -0.3 is 9.67 Å². The molecule has 4 heteroatoms. The van der Waals surface area contributed by atoms with Gasteiger partial charge in [0.1, 0.15) is 6.10 Å². The van der Waals surface area contributed by atoms with E-state index in [9.17, 15) is 9.36 Å². The Hall–Kier alpha value is -0.400. The lowest BCUT2D eigenvalue weighted by atomic mass is 10.3. The van der Waals surface area contributed by atoms with E-state index >= 15 is 0 Å². The first-order chi connectivity index (χ1) is 4.57. The van der Waals surface area contributed by atoms with Crippen LogP contribution in [0.15, 0.2) is 12.7 Å². The first kappa shape index (κ1) is 9.60. The summed E-state index contributed by atoms with van der Waals surface area (Å²) in [6.07, 6.45) is -0.0146. The van der Waals surface area contributed by atoms with E-state index in [1.54, 1.807) is 0 Å². The fourth-order valence-corrected chi connectivity index (χ4v) is 1.25. The predicted molar refractivity (Wildman–Crippen MR) is 41.0 cm³/mol. The van der Waals surface area contributed by atoms with Gasteiger partial charge in [0.15, 0.2) is 5.78 Å². The first-order valence-electron chi connectivity index (χ1n) is 2.91. The van der Waals surface area contributed by atoms with Crippen LogP contribution < -0.4 is 0 Å². The number of rotatable bonds is 4. The van der Waals surface area contributed by atoms with Crippen LogP contribution in [0.3, 0.4) is 0 Å². The van der Waals surface area contributed by atoms with Crippen LogP contribution in [-0.4, -0.2) is 29.8 Å².